The Balaban J connectivity index is -0.0000000457. The molecule has 12 heteroatoms. The minimum Gasteiger partial charge on any atom is -0.418 e. The Morgan fingerprint density at radius 2 is 0.500 bits per heavy atom. The van der Waals surface area contributed by atoms with Crippen LogP contribution in [0.25, 0.3) is 0 Å². The SMILES string of the molecule is F[B-](F)(F)F.F[B-](F)(F)F.O.[Mg+2]. The van der Waals surface area contributed by atoms with E-state index in [1.165, 1.54) is 0 Å². The van der Waals surface area contributed by atoms with Gasteiger partial charge in [-0.05, 0) is 0 Å². The molecular weight excluding hydrogens is 214 g/mol. The molecule has 72 valence electrons. The molecule has 0 aliphatic rings. The summed E-state index contributed by atoms with van der Waals surface area (Å²) in [4.78, 5) is 0. The Morgan fingerprint density at radius 1 is 0.500 bits per heavy atom. The van der Waals surface area contributed by atoms with Gasteiger partial charge in [-0.1, -0.05) is 0 Å². The maximum atomic E-state index is 9.75. The van der Waals surface area contributed by atoms with Crippen LogP contribution in [0.3, 0.4) is 0 Å². The van der Waals surface area contributed by atoms with E-state index in [1.807, 2.05) is 0 Å². The molecule has 0 bridgehead atoms. The second kappa shape index (κ2) is 7.92. The maximum absolute atomic E-state index is 9.75. The van der Waals surface area contributed by atoms with Gasteiger partial charge in [0.25, 0.3) is 0 Å². The summed E-state index contributed by atoms with van der Waals surface area (Å²) in [7, 11) is -12.0. The third-order valence-corrected chi connectivity index (χ3v) is 0. The second-order valence-electron chi connectivity index (χ2n) is 0.990. The summed E-state index contributed by atoms with van der Waals surface area (Å²) < 4.78 is 78.0. The van der Waals surface area contributed by atoms with Crippen molar-refractivity contribution in [1.29, 1.82) is 0 Å². The van der Waals surface area contributed by atoms with E-state index in [0.29, 0.717) is 0 Å². The maximum Gasteiger partial charge on any atom is 2.00 e. The normalized spacial score (nSPS) is 10.0. The molecule has 0 aliphatic carbocycles. The van der Waals surface area contributed by atoms with Gasteiger partial charge in [-0.25, -0.2) is 0 Å². The molecular formula is H2B2F8MgO. The molecule has 0 atom stereocenters. The molecule has 0 saturated heterocycles. The first-order valence-corrected chi connectivity index (χ1v) is 1.75. The molecule has 0 spiro atoms. The van der Waals surface area contributed by atoms with E-state index in [9.17, 15) is 34.5 Å². The zero-order valence-corrected chi connectivity index (χ0v) is 6.80. The van der Waals surface area contributed by atoms with Gasteiger partial charge in [-0.2, -0.15) is 0 Å². The Bertz CT molecular complexity index is 60.0. The predicted molar refractivity (Wildman–Crippen MR) is 29.7 cm³/mol. The average molecular weight is 216 g/mol. The van der Waals surface area contributed by atoms with Gasteiger partial charge in [0, 0.05) is 0 Å². The van der Waals surface area contributed by atoms with E-state index >= 15 is 0 Å². The van der Waals surface area contributed by atoms with Crippen molar-refractivity contribution in [2.24, 2.45) is 0 Å². The van der Waals surface area contributed by atoms with Gasteiger partial charge in [0.05, 0.1) is 0 Å². The predicted octanol–water partition coefficient (Wildman–Crippen LogP) is 1.39. The van der Waals surface area contributed by atoms with Gasteiger partial charge >= 0.3 is 37.6 Å². The smallest absolute Gasteiger partial charge is 0.418 e. The van der Waals surface area contributed by atoms with Gasteiger partial charge in [-0.15, -0.1) is 0 Å². The second-order valence-corrected chi connectivity index (χ2v) is 0.990. The molecule has 0 aromatic heterocycles. The molecule has 0 aromatic carbocycles. The van der Waals surface area contributed by atoms with Crippen LogP contribution in [0.2, 0.25) is 0 Å². The van der Waals surface area contributed by atoms with Gasteiger partial charge in [0.2, 0.25) is 0 Å². The van der Waals surface area contributed by atoms with E-state index in [1.54, 1.807) is 0 Å². The molecule has 0 saturated carbocycles. The number of rotatable bonds is 0. The first-order valence-electron chi connectivity index (χ1n) is 1.75. The van der Waals surface area contributed by atoms with Gasteiger partial charge in [0.1, 0.15) is 0 Å². The standard InChI is InChI=1S/2BF4.Mg.H2O/c2*2-1(3,4)5;;/h;;;1H2/q2*-1;+2;. The molecule has 0 radical (unpaired) electrons. The molecule has 0 unspecified atom stereocenters. The van der Waals surface area contributed by atoms with E-state index < -0.39 is 14.5 Å². The van der Waals surface area contributed by atoms with E-state index in [2.05, 4.69) is 0 Å². The zero-order valence-electron chi connectivity index (χ0n) is 5.39. The molecule has 0 aromatic rings. The fraction of sp³-hybridized carbons (Fsp3) is 0. The van der Waals surface area contributed by atoms with E-state index in [0.717, 1.165) is 0 Å². The Kier molecular flexibility index (Phi) is 15.0. The van der Waals surface area contributed by atoms with Gasteiger partial charge in [0.15, 0.2) is 0 Å². The summed E-state index contributed by atoms with van der Waals surface area (Å²) in [6.07, 6.45) is 0. The molecule has 0 heterocycles. The molecule has 0 aliphatic heterocycles. The van der Waals surface area contributed by atoms with Crippen molar-refractivity contribution >= 4 is 37.6 Å². The summed E-state index contributed by atoms with van der Waals surface area (Å²) in [5, 5.41) is 0. The van der Waals surface area contributed by atoms with Crippen LogP contribution in [0, 0.1) is 0 Å². The minimum absolute atomic E-state index is 0. The fourth-order valence-corrected chi connectivity index (χ4v) is 0. The molecule has 1 nitrogen and oxygen atoms in total. The first kappa shape index (κ1) is 22.8. The van der Waals surface area contributed by atoms with Crippen LogP contribution < -0.4 is 0 Å². The van der Waals surface area contributed by atoms with Crippen LogP contribution in [-0.4, -0.2) is 43.0 Å². The van der Waals surface area contributed by atoms with Crippen LogP contribution in [0.15, 0.2) is 0 Å². The molecule has 0 amide bonds. The largest absolute Gasteiger partial charge is 2.00 e. The van der Waals surface area contributed by atoms with Crippen LogP contribution in [0.4, 0.5) is 34.5 Å². The molecule has 0 rings (SSSR count). The molecule has 0 fully saturated rings. The van der Waals surface area contributed by atoms with E-state index in [-0.39, 0.29) is 28.5 Å². The average Bonchev–Trinajstić information content (AvgIpc) is 1.12. The topological polar surface area (TPSA) is 31.5 Å². The first-order chi connectivity index (χ1) is 4.00. The number of hydrogen-bond acceptors (Lipinski definition) is 0. The third kappa shape index (κ3) is 10100. The zero-order chi connectivity index (χ0) is 9.00. The van der Waals surface area contributed by atoms with E-state index in [4.69, 9.17) is 0 Å². The van der Waals surface area contributed by atoms with Crippen LogP contribution in [0.5, 0.6) is 0 Å². The Labute approximate surface area is 78.2 Å². The quantitative estimate of drug-likeness (QED) is 0.432. The van der Waals surface area contributed by atoms with Crippen molar-refractivity contribution in [3.05, 3.63) is 0 Å². The third-order valence-electron chi connectivity index (χ3n) is 0. The molecule has 12 heavy (non-hydrogen) atoms. The van der Waals surface area contributed by atoms with Gasteiger partial charge < -0.3 is 40.0 Å². The fourth-order valence-electron chi connectivity index (χ4n) is 0. The monoisotopic (exact) mass is 216 g/mol. The number of hydrogen-bond donors (Lipinski definition) is 0. The summed E-state index contributed by atoms with van der Waals surface area (Å²) in [6.45, 7) is 0. The van der Waals surface area contributed by atoms with Crippen LogP contribution in [-0.2, 0) is 0 Å². The Hall–Kier alpha value is 0.296. The summed E-state index contributed by atoms with van der Waals surface area (Å²) in [5.74, 6) is 0. The number of halogens is 8. The van der Waals surface area contributed by atoms with Crippen molar-refractivity contribution < 1.29 is 40.0 Å². The van der Waals surface area contributed by atoms with Crippen molar-refractivity contribution in [2.75, 3.05) is 0 Å². The Morgan fingerprint density at radius 3 is 0.500 bits per heavy atom. The summed E-state index contributed by atoms with van der Waals surface area (Å²) >= 11 is 0. The van der Waals surface area contributed by atoms with Crippen molar-refractivity contribution in [1.82, 2.24) is 0 Å². The minimum atomic E-state index is -6.00. The summed E-state index contributed by atoms with van der Waals surface area (Å²) in [5.41, 5.74) is 0. The van der Waals surface area contributed by atoms with Crippen LogP contribution in [0.1, 0.15) is 0 Å². The summed E-state index contributed by atoms with van der Waals surface area (Å²) in [6, 6.07) is 0. The van der Waals surface area contributed by atoms with Crippen LogP contribution >= 0.6 is 0 Å². The van der Waals surface area contributed by atoms with Gasteiger partial charge in [-0.3, -0.25) is 0 Å². The van der Waals surface area contributed by atoms with Crippen molar-refractivity contribution in [3.8, 4) is 0 Å². The van der Waals surface area contributed by atoms with Crippen molar-refractivity contribution in [3.63, 3.8) is 0 Å². The van der Waals surface area contributed by atoms with Crippen molar-refractivity contribution in [2.45, 2.75) is 0 Å². The molecule has 2 N–H and O–H groups in total.